The maximum Gasteiger partial charge on any atom is 0.349 e. The molecule has 0 bridgehead atoms. The van der Waals surface area contributed by atoms with Crippen molar-refractivity contribution in [3.8, 4) is 5.75 Å². The van der Waals surface area contributed by atoms with Crippen molar-refractivity contribution in [2.24, 2.45) is 4.99 Å². The number of carbonyl (C=O) groups is 1. The average molecular weight is 311 g/mol. The highest BCUT2D eigenvalue weighted by molar-refractivity contribution is 5.97. The van der Waals surface area contributed by atoms with Crippen LogP contribution in [0.5, 0.6) is 5.75 Å². The Morgan fingerprint density at radius 1 is 1.00 bits per heavy atom. The molecule has 0 aliphatic rings. The van der Waals surface area contributed by atoms with Crippen LogP contribution in [0.3, 0.4) is 0 Å². The van der Waals surface area contributed by atoms with E-state index in [-0.39, 0.29) is 6.02 Å². The van der Waals surface area contributed by atoms with E-state index in [0.717, 1.165) is 0 Å². The number of hydrogen-bond acceptors (Lipinski definition) is 2. The number of aliphatic imine (C=N–C) groups is 1. The second-order valence-corrected chi connectivity index (χ2v) is 4.78. The highest BCUT2D eigenvalue weighted by atomic mass is 16.5. The Morgan fingerprint density at radius 3 is 2.13 bits per heavy atom. The van der Waals surface area contributed by atoms with Gasteiger partial charge in [0.15, 0.2) is 0 Å². The topological polar surface area (TPSA) is 53.9 Å². The van der Waals surface area contributed by atoms with E-state index in [0.29, 0.717) is 24.5 Å². The van der Waals surface area contributed by atoms with E-state index >= 15 is 0 Å². The quantitative estimate of drug-likeness (QED) is 0.686. The van der Waals surface area contributed by atoms with Gasteiger partial charge in [-0.2, -0.15) is 0 Å². The van der Waals surface area contributed by atoms with Gasteiger partial charge in [0.1, 0.15) is 5.75 Å². The summed E-state index contributed by atoms with van der Waals surface area (Å²) in [4.78, 5) is 18.1. The number of urea groups is 1. The average Bonchev–Trinajstić information content (AvgIpc) is 2.57. The van der Waals surface area contributed by atoms with E-state index in [1.54, 1.807) is 0 Å². The first-order valence-electron chi connectivity index (χ1n) is 7.65. The molecule has 0 spiro atoms. The summed E-state index contributed by atoms with van der Waals surface area (Å²) < 4.78 is 5.78. The van der Waals surface area contributed by atoms with Gasteiger partial charge in [0.25, 0.3) is 0 Å². The van der Waals surface area contributed by atoms with Crippen LogP contribution in [-0.2, 0) is 0 Å². The van der Waals surface area contributed by atoms with Crippen molar-refractivity contribution in [3.05, 3.63) is 60.7 Å². The molecule has 5 heteroatoms. The molecule has 0 aromatic heterocycles. The third kappa shape index (κ3) is 5.14. The van der Waals surface area contributed by atoms with Crippen LogP contribution in [0.4, 0.5) is 10.5 Å². The van der Waals surface area contributed by atoms with Crippen molar-refractivity contribution in [1.29, 1.82) is 0 Å². The van der Waals surface area contributed by atoms with Crippen LogP contribution in [0.25, 0.3) is 0 Å². The number of amides is 2. The molecule has 5 nitrogen and oxygen atoms in total. The van der Waals surface area contributed by atoms with Crippen molar-refractivity contribution >= 4 is 17.7 Å². The SMILES string of the molecule is CCN(CC)/C(=N\C(=O)Nc1ccccc1)Oc1ccccc1. The minimum absolute atomic E-state index is 0.287. The second-order valence-electron chi connectivity index (χ2n) is 4.78. The summed E-state index contributed by atoms with van der Waals surface area (Å²) in [5.74, 6) is 0.644. The normalized spacial score (nSPS) is 11.0. The van der Waals surface area contributed by atoms with E-state index < -0.39 is 6.03 Å². The fourth-order valence-corrected chi connectivity index (χ4v) is 2.01. The smallest absolute Gasteiger partial charge is 0.349 e. The Kier molecular flexibility index (Phi) is 6.17. The van der Waals surface area contributed by atoms with Crippen molar-refractivity contribution < 1.29 is 9.53 Å². The van der Waals surface area contributed by atoms with Crippen LogP contribution < -0.4 is 10.1 Å². The number of nitrogens with one attached hydrogen (secondary N) is 1. The third-order valence-corrected chi connectivity index (χ3v) is 3.21. The van der Waals surface area contributed by atoms with Gasteiger partial charge in [-0.25, -0.2) is 4.79 Å². The summed E-state index contributed by atoms with van der Waals surface area (Å²) in [5, 5.41) is 2.73. The maximum atomic E-state index is 12.1. The van der Waals surface area contributed by atoms with Crippen molar-refractivity contribution in [2.45, 2.75) is 13.8 Å². The lowest BCUT2D eigenvalue weighted by atomic mass is 10.3. The van der Waals surface area contributed by atoms with E-state index in [1.165, 1.54) is 0 Å². The summed E-state index contributed by atoms with van der Waals surface area (Å²) in [5.41, 5.74) is 0.694. The number of carbonyl (C=O) groups excluding carboxylic acids is 1. The summed E-state index contributed by atoms with van der Waals surface area (Å²) in [6.45, 7) is 5.37. The Bertz CT molecular complexity index is 638. The molecular weight excluding hydrogens is 290 g/mol. The number of nitrogens with zero attached hydrogens (tertiary/aromatic N) is 2. The summed E-state index contributed by atoms with van der Waals surface area (Å²) in [7, 11) is 0. The Hall–Kier alpha value is -2.82. The maximum absolute atomic E-state index is 12.1. The van der Waals surface area contributed by atoms with Gasteiger partial charge in [0.2, 0.25) is 0 Å². The number of para-hydroxylation sites is 2. The Labute approximate surface area is 136 Å². The number of anilines is 1. The van der Waals surface area contributed by atoms with E-state index in [9.17, 15) is 4.79 Å². The molecule has 0 fully saturated rings. The van der Waals surface area contributed by atoms with Crippen LogP contribution in [-0.4, -0.2) is 30.0 Å². The lowest BCUT2D eigenvalue weighted by molar-refractivity contribution is 0.258. The lowest BCUT2D eigenvalue weighted by Gasteiger charge is -2.22. The van der Waals surface area contributed by atoms with Gasteiger partial charge >= 0.3 is 12.1 Å². The van der Waals surface area contributed by atoms with E-state index in [4.69, 9.17) is 4.74 Å². The van der Waals surface area contributed by atoms with Crippen LogP contribution in [0.2, 0.25) is 0 Å². The third-order valence-electron chi connectivity index (χ3n) is 3.21. The molecule has 2 rings (SSSR count). The summed E-state index contributed by atoms with van der Waals surface area (Å²) in [6.07, 6.45) is 0. The molecule has 0 radical (unpaired) electrons. The van der Waals surface area contributed by atoms with Gasteiger partial charge in [-0.05, 0) is 38.1 Å². The molecule has 0 unspecified atom stereocenters. The first kappa shape index (κ1) is 16.5. The Balaban J connectivity index is 2.16. The van der Waals surface area contributed by atoms with Crippen molar-refractivity contribution in [1.82, 2.24) is 4.90 Å². The molecule has 0 saturated carbocycles. The molecule has 0 atom stereocenters. The predicted octanol–water partition coefficient (Wildman–Crippen LogP) is 4.00. The van der Waals surface area contributed by atoms with Gasteiger partial charge < -0.3 is 15.0 Å². The zero-order chi connectivity index (χ0) is 16.5. The summed E-state index contributed by atoms with van der Waals surface area (Å²) >= 11 is 0. The molecule has 120 valence electrons. The number of rotatable bonds is 4. The largest absolute Gasteiger partial charge is 0.426 e. The Morgan fingerprint density at radius 2 is 1.57 bits per heavy atom. The zero-order valence-corrected chi connectivity index (χ0v) is 13.4. The number of ether oxygens (including phenoxy) is 1. The monoisotopic (exact) mass is 311 g/mol. The van der Waals surface area contributed by atoms with Crippen LogP contribution in [0.15, 0.2) is 65.7 Å². The molecule has 2 aromatic rings. The molecular formula is C18H21N3O2. The van der Waals surface area contributed by atoms with Crippen molar-refractivity contribution in [2.75, 3.05) is 18.4 Å². The number of hydrogen-bond donors (Lipinski definition) is 1. The highest BCUT2D eigenvalue weighted by Crippen LogP contribution is 2.11. The minimum Gasteiger partial charge on any atom is -0.426 e. The van der Waals surface area contributed by atoms with Gasteiger partial charge in [0, 0.05) is 18.8 Å². The van der Waals surface area contributed by atoms with Crippen LogP contribution >= 0.6 is 0 Å². The standard InChI is InChI=1S/C18H21N3O2/c1-3-21(4-2)18(23-16-13-9-6-10-14-16)20-17(22)19-15-11-7-5-8-12-15/h5-14H,3-4H2,1-2H3,(H,19,22)/b20-18+. The lowest BCUT2D eigenvalue weighted by Crippen LogP contribution is -2.35. The molecule has 2 amide bonds. The first-order valence-corrected chi connectivity index (χ1v) is 7.65. The fourth-order valence-electron chi connectivity index (χ4n) is 2.01. The molecule has 0 heterocycles. The molecule has 0 aliphatic heterocycles. The predicted molar refractivity (Wildman–Crippen MR) is 92.9 cm³/mol. The minimum atomic E-state index is -0.464. The van der Waals surface area contributed by atoms with Crippen LogP contribution in [0.1, 0.15) is 13.8 Å². The molecule has 2 aromatic carbocycles. The fraction of sp³-hybridized carbons (Fsp3) is 0.222. The van der Waals surface area contributed by atoms with Gasteiger partial charge in [-0.3, -0.25) is 0 Å². The number of benzene rings is 2. The molecule has 0 aliphatic carbocycles. The van der Waals surface area contributed by atoms with Gasteiger partial charge in [-0.1, -0.05) is 36.4 Å². The summed E-state index contributed by atoms with van der Waals surface area (Å²) in [6, 6.07) is 18.3. The van der Waals surface area contributed by atoms with Gasteiger partial charge in [-0.15, -0.1) is 4.99 Å². The van der Waals surface area contributed by atoms with Gasteiger partial charge in [0.05, 0.1) is 0 Å². The number of amidine groups is 1. The zero-order valence-electron chi connectivity index (χ0n) is 13.4. The van der Waals surface area contributed by atoms with Crippen LogP contribution in [0, 0.1) is 0 Å². The highest BCUT2D eigenvalue weighted by Gasteiger charge is 2.13. The molecule has 23 heavy (non-hydrogen) atoms. The second kappa shape index (κ2) is 8.58. The van der Waals surface area contributed by atoms with Crippen molar-refractivity contribution in [3.63, 3.8) is 0 Å². The first-order chi connectivity index (χ1) is 11.2. The molecule has 0 saturated heterocycles. The van der Waals surface area contributed by atoms with E-state index in [2.05, 4.69) is 10.3 Å². The van der Waals surface area contributed by atoms with E-state index in [1.807, 2.05) is 79.4 Å². The molecule has 1 N–H and O–H groups in total.